The van der Waals surface area contributed by atoms with Gasteiger partial charge in [-0.15, -0.1) is 0 Å². The highest BCUT2D eigenvalue weighted by Gasteiger charge is 2.28. The van der Waals surface area contributed by atoms with Crippen molar-refractivity contribution < 1.29 is 17.6 Å². The van der Waals surface area contributed by atoms with E-state index < -0.39 is 27.5 Å². The number of carbonyl (C=O) groups excluding carboxylic acids is 1. The highest BCUT2D eigenvalue weighted by molar-refractivity contribution is 7.89. The zero-order valence-corrected chi connectivity index (χ0v) is 19.7. The average molecular weight is 467 g/mol. The van der Waals surface area contributed by atoms with Gasteiger partial charge in [0.25, 0.3) is 15.9 Å². The highest BCUT2D eigenvalue weighted by atomic mass is 32.2. The van der Waals surface area contributed by atoms with E-state index in [1.807, 2.05) is 66.2 Å². The molecule has 0 bridgehead atoms. The van der Waals surface area contributed by atoms with Crippen molar-refractivity contribution in [2.24, 2.45) is 7.05 Å². The number of carbonyl (C=O) groups is 1. The molecule has 0 spiro atoms. The van der Waals surface area contributed by atoms with Gasteiger partial charge in [-0.3, -0.25) is 4.79 Å². The van der Waals surface area contributed by atoms with Crippen LogP contribution >= 0.6 is 0 Å². The molecule has 0 saturated carbocycles. The number of fused-ring (bicyclic) bond motifs is 1. The molecule has 0 fully saturated rings. The van der Waals surface area contributed by atoms with E-state index in [2.05, 4.69) is 10.0 Å². The summed E-state index contributed by atoms with van der Waals surface area (Å²) in [7, 11) is -2.01. The number of hydrogen-bond acceptors (Lipinski definition) is 5. The molecular weight excluding hydrogens is 440 g/mol. The fourth-order valence-corrected chi connectivity index (χ4v) is 4.96. The Morgan fingerprint density at radius 2 is 1.67 bits per heavy atom. The van der Waals surface area contributed by atoms with E-state index >= 15 is 0 Å². The van der Waals surface area contributed by atoms with E-state index in [1.54, 1.807) is 20.8 Å². The van der Waals surface area contributed by atoms with Crippen molar-refractivity contribution in [2.45, 2.75) is 37.4 Å². The van der Waals surface area contributed by atoms with E-state index in [0.717, 1.165) is 16.6 Å². The van der Waals surface area contributed by atoms with Crippen molar-refractivity contribution in [3.63, 3.8) is 0 Å². The first-order valence-electron chi connectivity index (χ1n) is 10.5. The zero-order valence-electron chi connectivity index (χ0n) is 18.9. The zero-order chi connectivity index (χ0) is 23.8. The van der Waals surface area contributed by atoms with Crippen LogP contribution in [0.1, 0.15) is 48.8 Å². The Kier molecular flexibility index (Phi) is 5.85. The maximum Gasteiger partial charge on any atom is 0.287 e. The number of aryl methyl sites for hydroxylation is 1. The predicted molar refractivity (Wildman–Crippen MR) is 125 cm³/mol. The molecule has 4 rings (SSSR count). The number of nitrogens with one attached hydrogen (secondary N) is 2. The van der Waals surface area contributed by atoms with Crippen molar-refractivity contribution in [3.8, 4) is 0 Å². The maximum absolute atomic E-state index is 13.1. The lowest BCUT2D eigenvalue weighted by Crippen LogP contribution is -2.40. The molecule has 2 aromatic carbocycles. The summed E-state index contributed by atoms with van der Waals surface area (Å²) < 4.78 is 35.0. The van der Waals surface area contributed by atoms with Gasteiger partial charge in [0.05, 0.1) is 11.0 Å². The fourth-order valence-electron chi connectivity index (χ4n) is 3.61. The smallest absolute Gasteiger partial charge is 0.287 e. The lowest BCUT2D eigenvalue weighted by Gasteiger charge is -2.19. The Labute approximate surface area is 192 Å². The summed E-state index contributed by atoms with van der Waals surface area (Å²) in [6, 6.07) is 19.2. The lowest BCUT2D eigenvalue weighted by molar-refractivity contribution is 0.0908. The third kappa shape index (κ3) is 4.84. The van der Waals surface area contributed by atoms with Gasteiger partial charge in [0.2, 0.25) is 5.09 Å². The van der Waals surface area contributed by atoms with Crippen LogP contribution in [-0.2, 0) is 17.1 Å². The number of benzene rings is 2. The molecule has 0 aliphatic rings. The van der Waals surface area contributed by atoms with Crippen LogP contribution in [-0.4, -0.2) is 29.4 Å². The molecule has 172 valence electrons. The number of amides is 1. The summed E-state index contributed by atoms with van der Waals surface area (Å²) in [4.78, 5) is 17.8. The summed E-state index contributed by atoms with van der Waals surface area (Å²) in [5, 5.41) is 2.63. The molecule has 0 aliphatic carbocycles. The van der Waals surface area contributed by atoms with Crippen LogP contribution in [0.4, 0.5) is 0 Å². The topological polar surface area (TPSA) is 106 Å². The summed E-state index contributed by atoms with van der Waals surface area (Å²) in [6.07, 6.45) is 0. The van der Waals surface area contributed by atoms with Crippen LogP contribution in [0.25, 0.3) is 11.0 Å². The number of sulfonamides is 1. The van der Waals surface area contributed by atoms with Crippen LogP contribution in [0.15, 0.2) is 76.2 Å². The molecule has 0 aliphatic heterocycles. The Morgan fingerprint density at radius 3 is 2.33 bits per heavy atom. The SMILES string of the molecule is Cn1c(C(NC(=O)c2ccc(S(=O)(=O)NC(C)(C)C)o2)c2ccccc2)nc2ccccc21. The van der Waals surface area contributed by atoms with E-state index in [1.165, 1.54) is 12.1 Å². The molecule has 1 amide bonds. The van der Waals surface area contributed by atoms with Crippen LogP contribution in [0.5, 0.6) is 0 Å². The number of imidazole rings is 1. The molecule has 0 radical (unpaired) electrons. The maximum atomic E-state index is 13.1. The standard InChI is InChI=1S/C24H26N4O4S/c1-24(2,3)27-33(30,31)20-15-14-19(32-20)23(29)26-21(16-10-6-5-7-11-16)22-25-17-12-8-9-13-18(17)28(22)4/h5-15,21,27H,1-4H3,(H,26,29). The molecule has 9 heteroatoms. The van der Waals surface area contributed by atoms with Gasteiger partial charge >= 0.3 is 0 Å². The molecule has 4 aromatic rings. The molecular formula is C24H26N4O4S. The normalized spacial score (nSPS) is 13.2. The lowest BCUT2D eigenvalue weighted by atomic mass is 10.1. The number of para-hydroxylation sites is 2. The highest BCUT2D eigenvalue weighted by Crippen LogP contribution is 2.26. The van der Waals surface area contributed by atoms with Crippen molar-refractivity contribution in [1.29, 1.82) is 0 Å². The molecule has 2 N–H and O–H groups in total. The first kappa shape index (κ1) is 22.8. The number of hydrogen-bond donors (Lipinski definition) is 2. The van der Waals surface area contributed by atoms with Crippen LogP contribution < -0.4 is 10.0 Å². The van der Waals surface area contributed by atoms with Gasteiger partial charge in [-0.25, -0.2) is 18.1 Å². The molecule has 2 aromatic heterocycles. The first-order chi connectivity index (χ1) is 15.5. The summed E-state index contributed by atoms with van der Waals surface area (Å²) in [6.45, 7) is 5.17. The van der Waals surface area contributed by atoms with Crippen LogP contribution in [0, 0.1) is 0 Å². The van der Waals surface area contributed by atoms with Gasteiger partial charge in [0.15, 0.2) is 5.76 Å². The summed E-state index contributed by atoms with van der Waals surface area (Å²) in [5.74, 6) is -0.0124. The van der Waals surface area contributed by atoms with Gasteiger partial charge < -0.3 is 14.3 Å². The molecule has 1 atom stereocenters. The molecule has 2 heterocycles. The molecule has 1 unspecified atom stereocenters. The van der Waals surface area contributed by atoms with E-state index in [9.17, 15) is 13.2 Å². The van der Waals surface area contributed by atoms with E-state index in [-0.39, 0.29) is 10.9 Å². The molecule has 33 heavy (non-hydrogen) atoms. The van der Waals surface area contributed by atoms with Crippen LogP contribution in [0.2, 0.25) is 0 Å². The Bertz CT molecular complexity index is 1400. The third-order valence-corrected chi connectivity index (χ3v) is 6.63. The van der Waals surface area contributed by atoms with E-state index in [0.29, 0.717) is 5.82 Å². The van der Waals surface area contributed by atoms with Gasteiger partial charge in [-0.2, -0.15) is 0 Å². The molecule has 0 saturated heterocycles. The fraction of sp³-hybridized carbons (Fsp3) is 0.250. The van der Waals surface area contributed by atoms with Crippen molar-refractivity contribution in [2.75, 3.05) is 0 Å². The second-order valence-corrected chi connectivity index (χ2v) is 10.4. The first-order valence-corrected chi connectivity index (χ1v) is 11.9. The van der Waals surface area contributed by atoms with Gasteiger partial charge in [-0.05, 0) is 50.6 Å². The van der Waals surface area contributed by atoms with Gasteiger partial charge in [-0.1, -0.05) is 42.5 Å². The number of aromatic nitrogens is 2. The Hall–Kier alpha value is -3.43. The second-order valence-electron chi connectivity index (χ2n) is 8.81. The average Bonchev–Trinajstić information content (AvgIpc) is 3.37. The van der Waals surface area contributed by atoms with Crippen LogP contribution in [0.3, 0.4) is 0 Å². The van der Waals surface area contributed by atoms with Crippen molar-refractivity contribution in [3.05, 3.63) is 83.9 Å². The summed E-state index contributed by atoms with van der Waals surface area (Å²) >= 11 is 0. The third-order valence-electron chi connectivity index (χ3n) is 5.00. The molecule has 8 nitrogen and oxygen atoms in total. The second kappa shape index (κ2) is 8.49. The number of furan rings is 1. The summed E-state index contributed by atoms with van der Waals surface area (Å²) in [5.41, 5.74) is 1.89. The van der Waals surface area contributed by atoms with Gasteiger partial charge in [0.1, 0.15) is 11.9 Å². The quantitative estimate of drug-likeness (QED) is 0.450. The van der Waals surface area contributed by atoms with E-state index in [4.69, 9.17) is 9.40 Å². The number of nitrogens with zero attached hydrogens (tertiary/aromatic N) is 2. The monoisotopic (exact) mass is 466 g/mol. The Morgan fingerprint density at radius 1 is 1.00 bits per heavy atom. The Balaban J connectivity index is 1.67. The minimum absolute atomic E-state index is 0.107. The minimum atomic E-state index is -3.90. The van der Waals surface area contributed by atoms with Gasteiger partial charge in [0, 0.05) is 12.6 Å². The predicted octanol–water partition coefficient (Wildman–Crippen LogP) is 3.76. The number of rotatable bonds is 6. The minimum Gasteiger partial charge on any atom is -0.438 e. The van der Waals surface area contributed by atoms with Crippen molar-refractivity contribution in [1.82, 2.24) is 19.6 Å². The van der Waals surface area contributed by atoms with Crippen molar-refractivity contribution >= 4 is 27.0 Å². The largest absolute Gasteiger partial charge is 0.438 e.